The molecule has 0 saturated heterocycles. The average molecular weight is 557 g/mol. The molecule has 0 heterocycles. The van der Waals surface area contributed by atoms with Gasteiger partial charge in [0.2, 0.25) is 21.8 Å². The molecule has 0 aliphatic carbocycles. The lowest BCUT2D eigenvalue weighted by Gasteiger charge is -2.32. The van der Waals surface area contributed by atoms with Crippen LogP contribution in [0.3, 0.4) is 0 Å². The molecule has 2 rings (SSSR count). The third-order valence-electron chi connectivity index (χ3n) is 5.93. The number of benzene rings is 2. The first-order chi connectivity index (χ1) is 17.0. The first-order valence-corrected chi connectivity index (χ1v) is 14.6. The van der Waals surface area contributed by atoms with Gasteiger partial charge in [-0.2, -0.15) is 0 Å². The van der Waals surface area contributed by atoms with Crippen LogP contribution in [0, 0.1) is 0 Å². The van der Waals surface area contributed by atoms with Gasteiger partial charge in [-0.25, -0.2) is 8.42 Å². The molecule has 10 heteroatoms. The van der Waals surface area contributed by atoms with Crippen LogP contribution in [0.5, 0.6) is 0 Å². The second-order valence-electron chi connectivity index (χ2n) is 8.77. The van der Waals surface area contributed by atoms with E-state index in [0.717, 1.165) is 18.2 Å². The van der Waals surface area contributed by atoms with Crippen LogP contribution < -0.4 is 9.62 Å². The van der Waals surface area contributed by atoms with E-state index in [-0.39, 0.29) is 43.8 Å². The third kappa shape index (κ3) is 8.68. The Kier molecular flexibility index (Phi) is 11.5. The van der Waals surface area contributed by atoms with E-state index in [1.165, 1.54) is 4.31 Å². The summed E-state index contributed by atoms with van der Waals surface area (Å²) in [6, 6.07) is 13.1. The fourth-order valence-corrected chi connectivity index (χ4v) is 5.14. The lowest BCUT2D eigenvalue weighted by Crippen LogP contribution is -2.50. The van der Waals surface area contributed by atoms with Crippen LogP contribution in [0.1, 0.15) is 52.0 Å². The van der Waals surface area contributed by atoms with E-state index < -0.39 is 16.1 Å². The Morgan fingerprint density at radius 3 is 2.31 bits per heavy atom. The van der Waals surface area contributed by atoms with Gasteiger partial charge in [-0.3, -0.25) is 13.9 Å². The summed E-state index contributed by atoms with van der Waals surface area (Å²) in [6.07, 6.45) is 2.64. The summed E-state index contributed by atoms with van der Waals surface area (Å²) in [5, 5.41) is 3.90. The van der Waals surface area contributed by atoms with Gasteiger partial charge in [0, 0.05) is 35.6 Å². The number of halogens is 2. The van der Waals surface area contributed by atoms with Crippen molar-refractivity contribution in [3.8, 4) is 0 Å². The molecule has 2 aromatic rings. The van der Waals surface area contributed by atoms with E-state index >= 15 is 0 Å². The van der Waals surface area contributed by atoms with Crippen LogP contribution in [0.15, 0.2) is 48.5 Å². The largest absolute Gasteiger partial charge is 0.352 e. The fraction of sp³-hybridized carbons (Fsp3) is 0.462. The van der Waals surface area contributed by atoms with Gasteiger partial charge in [0.05, 0.1) is 11.9 Å². The van der Waals surface area contributed by atoms with E-state index in [0.29, 0.717) is 22.2 Å². The van der Waals surface area contributed by atoms with E-state index in [4.69, 9.17) is 23.2 Å². The van der Waals surface area contributed by atoms with Crippen LogP contribution in [-0.2, 0) is 26.2 Å². The first-order valence-electron chi connectivity index (χ1n) is 12.0. The van der Waals surface area contributed by atoms with Gasteiger partial charge in [-0.15, -0.1) is 0 Å². The topological polar surface area (TPSA) is 86.8 Å². The summed E-state index contributed by atoms with van der Waals surface area (Å²) < 4.78 is 26.1. The van der Waals surface area contributed by atoms with Crippen molar-refractivity contribution in [2.24, 2.45) is 0 Å². The van der Waals surface area contributed by atoms with Gasteiger partial charge in [-0.05, 0) is 56.0 Å². The van der Waals surface area contributed by atoms with Crippen molar-refractivity contribution in [1.82, 2.24) is 10.2 Å². The summed E-state index contributed by atoms with van der Waals surface area (Å²) in [6.45, 7) is 6.03. The van der Waals surface area contributed by atoms with Gasteiger partial charge in [0.25, 0.3) is 0 Å². The highest BCUT2D eigenvalue weighted by atomic mass is 35.5. The standard InChI is InChI=1S/C26H35Cl2N3O4S/c1-5-19(3)29-26(33)24(6-2)30(18-20-11-7-8-14-23(20)28)25(32)15-10-16-31(36(4,34)35)22-13-9-12-21(27)17-22/h7-9,11-14,17,19,24H,5-6,10,15-16,18H2,1-4H3,(H,29,33)/t19-,24-/m1/s1. The van der Waals surface area contributed by atoms with Crippen LogP contribution in [0.4, 0.5) is 5.69 Å². The molecule has 0 spiro atoms. The second-order valence-corrected chi connectivity index (χ2v) is 11.5. The number of hydrogen-bond donors (Lipinski definition) is 1. The van der Waals surface area contributed by atoms with E-state index in [9.17, 15) is 18.0 Å². The molecule has 0 bridgehead atoms. The smallest absolute Gasteiger partial charge is 0.243 e. The van der Waals surface area contributed by atoms with Crippen molar-refractivity contribution in [1.29, 1.82) is 0 Å². The number of carbonyl (C=O) groups is 2. The van der Waals surface area contributed by atoms with Gasteiger partial charge in [-0.1, -0.05) is 61.3 Å². The lowest BCUT2D eigenvalue weighted by molar-refractivity contribution is -0.141. The van der Waals surface area contributed by atoms with Crippen molar-refractivity contribution < 1.29 is 18.0 Å². The molecule has 2 atom stereocenters. The molecular weight excluding hydrogens is 521 g/mol. The van der Waals surface area contributed by atoms with Crippen molar-refractivity contribution >= 4 is 50.7 Å². The van der Waals surface area contributed by atoms with Crippen LogP contribution in [0.2, 0.25) is 10.0 Å². The Balaban J connectivity index is 2.24. The number of amides is 2. The molecule has 0 radical (unpaired) electrons. The van der Waals surface area contributed by atoms with Gasteiger partial charge in [0.1, 0.15) is 6.04 Å². The maximum absolute atomic E-state index is 13.5. The Morgan fingerprint density at radius 1 is 1.03 bits per heavy atom. The van der Waals surface area contributed by atoms with Crippen LogP contribution in [-0.4, -0.2) is 50.0 Å². The molecule has 1 N–H and O–H groups in total. The van der Waals surface area contributed by atoms with Crippen molar-refractivity contribution in [3.05, 3.63) is 64.1 Å². The monoisotopic (exact) mass is 555 g/mol. The molecule has 0 unspecified atom stereocenters. The van der Waals surface area contributed by atoms with Gasteiger partial charge in [0.15, 0.2) is 0 Å². The SMILES string of the molecule is CC[C@@H](C)NC(=O)[C@@H](CC)N(Cc1ccccc1Cl)C(=O)CCCN(c1cccc(Cl)c1)S(C)(=O)=O. The Labute approximate surface area is 224 Å². The highest BCUT2D eigenvalue weighted by Crippen LogP contribution is 2.24. The van der Waals surface area contributed by atoms with E-state index in [1.54, 1.807) is 41.3 Å². The quantitative estimate of drug-likeness (QED) is 0.365. The molecule has 0 aliphatic heterocycles. The minimum absolute atomic E-state index is 0.0233. The zero-order valence-electron chi connectivity index (χ0n) is 21.2. The third-order valence-corrected chi connectivity index (χ3v) is 7.73. The maximum Gasteiger partial charge on any atom is 0.243 e. The summed E-state index contributed by atoms with van der Waals surface area (Å²) in [7, 11) is -3.59. The maximum atomic E-state index is 13.5. The highest BCUT2D eigenvalue weighted by Gasteiger charge is 2.29. The van der Waals surface area contributed by atoms with Crippen LogP contribution in [0.25, 0.3) is 0 Å². The molecule has 2 amide bonds. The molecule has 36 heavy (non-hydrogen) atoms. The summed E-state index contributed by atoms with van der Waals surface area (Å²) in [4.78, 5) is 28.1. The number of sulfonamides is 1. The zero-order chi connectivity index (χ0) is 26.9. The molecule has 2 aromatic carbocycles. The Hall–Kier alpha value is -2.29. The molecular formula is C26H35Cl2N3O4S. The second kappa shape index (κ2) is 13.9. The lowest BCUT2D eigenvalue weighted by atomic mass is 10.1. The van der Waals surface area contributed by atoms with E-state index in [2.05, 4.69) is 5.32 Å². The predicted octanol–water partition coefficient (Wildman–Crippen LogP) is 5.26. The first kappa shape index (κ1) is 29.9. The molecule has 0 saturated carbocycles. The summed E-state index contributed by atoms with van der Waals surface area (Å²) in [5.74, 6) is -0.468. The minimum atomic E-state index is -3.59. The number of rotatable bonds is 13. The van der Waals surface area contributed by atoms with E-state index in [1.807, 2.05) is 32.9 Å². The fourth-order valence-electron chi connectivity index (χ4n) is 3.81. The summed E-state index contributed by atoms with van der Waals surface area (Å²) in [5.41, 5.74) is 1.17. The number of nitrogens with zero attached hydrogens (tertiary/aromatic N) is 2. The molecule has 0 aromatic heterocycles. The molecule has 0 fully saturated rings. The minimum Gasteiger partial charge on any atom is -0.352 e. The Bertz CT molecular complexity index is 1140. The molecule has 0 aliphatic rings. The molecule has 7 nitrogen and oxygen atoms in total. The molecule has 198 valence electrons. The van der Waals surface area contributed by atoms with Crippen LogP contribution >= 0.6 is 23.2 Å². The normalized spacial score (nSPS) is 13.1. The van der Waals surface area contributed by atoms with Gasteiger partial charge >= 0.3 is 0 Å². The zero-order valence-corrected chi connectivity index (χ0v) is 23.5. The summed E-state index contributed by atoms with van der Waals surface area (Å²) >= 11 is 12.4. The number of carbonyl (C=O) groups excluding carboxylic acids is 2. The number of hydrogen-bond acceptors (Lipinski definition) is 4. The van der Waals surface area contributed by atoms with Crippen molar-refractivity contribution in [3.63, 3.8) is 0 Å². The van der Waals surface area contributed by atoms with Crippen molar-refractivity contribution in [2.75, 3.05) is 17.1 Å². The van der Waals surface area contributed by atoms with Gasteiger partial charge < -0.3 is 10.2 Å². The number of anilines is 1. The average Bonchev–Trinajstić information content (AvgIpc) is 2.81. The van der Waals surface area contributed by atoms with Crippen molar-refractivity contribution in [2.45, 2.75) is 65.1 Å². The highest BCUT2D eigenvalue weighted by molar-refractivity contribution is 7.92. The Morgan fingerprint density at radius 2 is 1.72 bits per heavy atom. The number of nitrogens with one attached hydrogen (secondary N) is 1. The predicted molar refractivity (Wildman–Crippen MR) is 147 cm³/mol.